The third-order valence-corrected chi connectivity index (χ3v) is 4.17. The molecule has 1 aromatic rings. The zero-order valence-electron chi connectivity index (χ0n) is 13.3. The van der Waals surface area contributed by atoms with Gasteiger partial charge >= 0.3 is 0 Å². The first-order chi connectivity index (χ1) is 10.7. The van der Waals surface area contributed by atoms with Gasteiger partial charge in [0.25, 0.3) is 11.8 Å². The number of carbonyl (C=O) groups excluding carboxylic acids is 2. The Labute approximate surface area is 131 Å². The predicted molar refractivity (Wildman–Crippen MR) is 84.8 cm³/mol. The summed E-state index contributed by atoms with van der Waals surface area (Å²) in [4.78, 5) is 29.8. The first-order valence-corrected chi connectivity index (χ1v) is 7.77. The first-order valence-electron chi connectivity index (χ1n) is 7.77. The molecule has 1 fully saturated rings. The van der Waals surface area contributed by atoms with E-state index in [-0.39, 0.29) is 11.8 Å². The van der Waals surface area contributed by atoms with Crippen molar-refractivity contribution in [1.29, 1.82) is 0 Å². The largest absolute Gasteiger partial charge is 0.354 e. The average Bonchev–Trinajstić information content (AvgIpc) is 2.59. The second-order valence-corrected chi connectivity index (χ2v) is 5.64. The maximum absolute atomic E-state index is 12.4. The molecular weight excluding hydrogens is 280 g/mol. The molecule has 2 amide bonds. The van der Waals surface area contributed by atoms with Crippen molar-refractivity contribution in [1.82, 2.24) is 20.5 Å². The molecule has 120 valence electrons. The van der Waals surface area contributed by atoms with Crippen LogP contribution in [0.15, 0.2) is 18.3 Å². The van der Waals surface area contributed by atoms with Crippen LogP contribution in [0.1, 0.15) is 40.1 Å². The monoisotopic (exact) mass is 304 g/mol. The molecule has 2 rings (SSSR count). The van der Waals surface area contributed by atoms with Crippen LogP contribution >= 0.6 is 0 Å². The average molecular weight is 304 g/mol. The molecule has 0 unspecified atom stereocenters. The summed E-state index contributed by atoms with van der Waals surface area (Å²) in [5.74, 6) is 0.456. The number of aromatic nitrogens is 1. The Balaban J connectivity index is 1.91. The van der Waals surface area contributed by atoms with Crippen LogP contribution in [0.25, 0.3) is 0 Å². The van der Waals surface area contributed by atoms with E-state index in [4.69, 9.17) is 0 Å². The van der Waals surface area contributed by atoms with Crippen molar-refractivity contribution in [3.8, 4) is 0 Å². The van der Waals surface area contributed by atoms with Gasteiger partial charge in [-0.25, -0.2) is 0 Å². The molecule has 0 aliphatic carbocycles. The summed E-state index contributed by atoms with van der Waals surface area (Å²) in [5, 5.41) is 5.69. The Kier molecular flexibility index (Phi) is 5.89. The zero-order chi connectivity index (χ0) is 15.9. The highest BCUT2D eigenvalue weighted by Crippen LogP contribution is 2.21. The number of piperidine rings is 1. The normalized spacial score (nSPS) is 15.6. The minimum Gasteiger partial charge on any atom is -0.354 e. The summed E-state index contributed by atoms with van der Waals surface area (Å²) in [6.07, 6.45) is 4.76. The standard InChI is InChI=1S/C16H24N4O2/c1-17-8-5-12-6-9-20(10-7-12)16(22)13-3-4-14(19-11-13)15(21)18-2/h3-4,11-12,17H,5-10H2,1-2H3,(H,18,21). The molecule has 1 aromatic heterocycles. The van der Waals surface area contributed by atoms with E-state index >= 15 is 0 Å². The number of hydrogen-bond acceptors (Lipinski definition) is 4. The summed E-state index contributed by atoms with van der Waals surface area (Å²) in [5.41, 5.74) is 0.867. The van der Waals surface area contributed by atoms with Crippen LogP contribution in [0.2, 0.25) is 0 Å². The molecule has 0 radical (unpaired) electrons. The number of nitrogens with zero attached hydrogens (tertiary/aromatic N) is 2. The topological polar surface area (TPSA) is 74.3 Å². The lowest BCUT2D eigenvalue weighted by atomic mass is 9.93. The maximum Gasteiger partial charge on any atom is 0.269 e. The van der Waals surface area contributed by atoms with Crippen LogP contribution in [0, 0.1) is 5.92 Å². The van der Waals surface area contributed by atoms with Gasteiger partial charge in [-0.1, -0.05) is 0 Å². The molecule has 0 bridgehead atoms. The number of pyridine rings is 1. The van der Waals surface area contributed by atoms with E-state index in [2.05, 4.69) is 15.6 Å². The van der Waals surface area contributed by atoms with Crippen LogP contribution in [0.4, 0.5) is 0 Å². The lowest BCUT2D eigenvalue weighted by Gasteiger charge is -2.32. The minimum atomic E-state index is -0.246. The fourth-order valence-corrected chi connectivity index (χ4v) is 2.74. The van der Waals surface area contributed by atoms with Crippen molar-refractivity contribution in [3.63, 3.8) is 0 Å². The number of nitrogens with one attached hydrogen (secondary N) is 2. The number of likely N-dealkylation sites (tertiary alicyclic amines) is 1. The fraction of sp³-hybridized carbons (Fsp3) is 0.562. The molecule has 0 aromatic carbocycles. The van der Waals surface area contributed by atoms with Gasteiger partial charge in [0, 0.05) is 26.3 Å². The molecule has 22 heavy (non-hydrogen) atoms. The van der Waals surface area contributed by atoms with E-state index in [9.17, 15) is 9.59 Å². The lowest BCUT2D eigenvalue weighted by Crippen LogP contribution is -2.39. The molecule has 0 saturated carbocycles. The highest BCUT2D eigenvalue weighted by molar-refractivity contribution is 5.96. The predicted octanol–water partition coefficient (Wildman–Crippen LogP) is 0.903. The number of rotatable bonds is 5. The molecule has 2 heterocycles. The van der Waals surface area contributed by atoms with E-state index in [1.54, 1.807) is 19.2 Å². The van der Waals surface area contributed by atoms with E-state index < -0.39 is 0 Å². The first kappa shape index (κ1) is 16.4. The lowest BCUT2D eigenvalue weighted by molar-refractivity contribution is 0.0686. The molecule has 1 aliphatic rings. The van der Waals surface area contributed by atoms with Crippen molar-refractivity contribution < 1.29 is 9.59 Å². The third kappa shape index (κ3) is 4.04. The molecule has 6 heteroatoms. The van der Waals surface area contributed by atoms with Gasteiger partial charge in [0.2, 0.25) is 0 Å². The molecule has 1 saturated heterocycles. The molecule has 1 aliphatic heterocycles. The van der Waals surface area contributed by atoms with Gasteiger partial charge in [0.1, 0.15) is 5.69 Å². The van der Waals surface area contributed by atoms with Gasteiger partial charge in [-0.15, -0.1) is 0 Å². The summed E-state index contributed by atoms with van der Waals surface area (Å²) in [6.45, 7) is 2.62. The zero-order valence-corrected chi connectivity index (χ0v) is 13.3. The van der Waals surface area contributed by atoms with Gasteiger partial charge in [0.05, 0.1) is 5.56 Å². The highest BCUT2D eigenvalue weighted by Gasteiger charge is 2.23. The van der Waals surface area contributed by atoms with E-state index in [0.717, 1.165) is 32.5 Å². The highest BCUT2D eigenvalue weighted by atomic mass is 16.2. The summed E-state index contributed by atoms with van der Waals surface area (Å²) in [7, 11) is 3.52. The molecular formula is C16H24N4O2. The number of hydrogen-bond donors (Lipinski definition) is 2. The fourth-order valence-electron chi connectivity index (χ4n) is 2.74. The van der Waals surface area contributed by atoms with Gasteiger partial charge < -0.3 is 15.5 Å². The van der Waals surface area contributed by atoms with Crippen LogP contribution in [0.5, 0.6) is 0 Å². The number of carbonyl (C=O) groups is 2. The number of amides is 2. The third-order valence-electron chi connectivity index (χ3n) is 4.17. The van der Waals surface area contributed by atoms with Crippen LogP contribution in [-0.2, 0) is 0 Å². The molecule has 6 nitrogen and oxygen atoms in total. The van der Waals surface area contributed by atoms with Crippen molar-refractivity contribution >= 4 is 11.8 Å². The Hall–Kier alpha value is -1.95. The van der Waals surface area contributed by atoms with E-state index in [1.165, 1.54) is 12.6 Å². The SMILES string of the molecule is CNCCC1CCN(C(=O)c2ccc(C(=O)NC)nc2)CC1. The molecule has 2 N–H and O–H groups in total. The van der Waals surface area contributed by atoms with Gasteiger partial charge in [-0.2, -0.15) is 0 Å². The Morgan fingerprint density at radius 3 is 2.55 bits per heavy atom. The van der Waals surface area contributed by atoms with Gasteiger partial charge in [-0.05, 0) is 50.9 Å². The maximum atomic E-state index is 12.4. The van der Waals surface area contributed by atoms with Crippen molar-refractivity contribution in [2.75, 3.05) is 33.7 Å². The molecule has 0 atom stereocenters. The van der Waals surface area contributed by atoms with Gasteiger partial charge in [0.15, 0.2) is 0 Å². The molecule has 0 spiro atoms. The summed E-state index contributed by atoms with van der Waals surface area (Å²) in [6, 6.07) is 3.26. The second kappa shape index (κ2) is 7.89. The second-order valence-electron chi connectivity index (χ2n) is 5.64. The van der Waals surface area contributed by atoms with Crippen molar-refractivity contribution in [2.24, 2.45) is 5.92 Å². The quantitative estimate of drug-likeness (QED) is 0.848. The van der Waals surface area contributed by atoms with E-state index in [1.807, 2.05) is 11.9 Å². The summed E-state index contributed by atoms with van der Waals surface area (Å²) < 4.78 is 0. The van der Waals surface area contributed by atoms with E-state index in [0.29, 0.717) is 17.2 Å². The van der Waals surface area contributed by atoms with Crippen molar-refractivity contribution in [3.05, 3.63) is 29.6 Å². The Morgan fingerprint density at radius 1 is 1.27 bits per heavy atom. The Morgan fingerprint density at radius 2 is 2.00 bits per heavy atom. The van der Waals surface area contributed by atoms with Crippen LogP contribution in [-0.4, -0.2) is 55.4 Å². The smallest absolute Gasteiger partial charge is 0.269 e. The summed E-state index contributed by atoms with van der Waals surface area (Å²) >= 11 is 0. The Bertz CT molecular complexity index is 507. The minimum absolute atomic E-state index is 0.00280. The van der Waals surface area contributed by atoms with Crippen molar-refractivity contribution in [2.45, 2.75) is 19.3 Å². The van der Waals surface area contributed by atoms with Crippen LogP contribution in [0.3, 0.4) is 0 Å². The van der Waals surface area contributed by atoms with Gasteiger partial charge in [-0.3, -0.25) is 14.6 Å². The van der Waals surface area contributed by atoms with Crippen LogP contribution < -0.4 is 10.6 Å².